The first kappa shape index (κ1) is 26.8. The molecule has 2 amide bonds. The number of benzene rings is 2. The van der Waals surface area contributed by atoms with E-state index in [1.807, 2.05) is 30.7 Å². The Kier molecular flexibility index (Phi) is 8.15. The van der Waals surface area contributed by atoms with Gasteiger partial charge >= 0.3 is 12.1 Å². The number of aryl methyl sites for hydroxylation is 1. The molecule has 0 fully saturated rings. The van der Waals surface area contributed by atoms with Gasteiger partial charge in [-0.3, -0.25) is 9.69 Å². The van der Waals surface area contributed by atoms with Crippen molar-refractivity contribution in [2.75, 3.05) is 23.4 Å². The molecule has 0 radical (unpaired) electrons. The summed E-state index contributed by atoms with van der Waals surface area (Å²) in [6.07, 6.45) is 0.576. The van der Waals surface area contributed by atoms with E-state index in [-0.39, 0.29) is 11.7 Å². The van der Waals surface area contributed by atoms with Gasteiger partial charge in [0.25, 0.3) is 5.91 Å². The summed E-state index contributed by atoms with van der Waals surface area (Å²) in [5.74, 6) is -0.180. The second-order valence-electron chi connectivity index (χ2n) is 8.40. The fraction of sp³-hybridized carbons (Fsp3) is 0.185. The summed E-state index contributed by atoms with van der Waals surface area (Å²) in [6, 6.07) is 17.8. The largest absolute Gasteiger partial charge is 0.479 e. The number of aliphatic carboxylic acids is 1. The Morgan fingerprint density at radius 3 is 2.51 bits per heavy atom. The van der Waals surface area contributed by atoms with Crippen molar-refractivity contribution in [3.8, 4) is 0 Å². The van der Waals surface area contributed by atoms with Crippen molar-refractivity contribution in [2.45, 2.75) is 13.5 Å². The molecule has 0 aliphatic carbocycles. The molecule has 0 bridgehead atoms. The van der Waals surface area contributed by atoms with E-state index in [0.717, 1.165) is 17.0 Å². The number of amides is 2. The van der Waals surface area contributed by atoms with Gasteiger partial charge in [0.15, 0.2) is 6.61 Å². The number of aromatic nitrogens is 3. The lowest BCUT2D eigenvalue weighted by Gasteiger charge is -2.19. The molecule has 12 heteroatoms. The van der Waals surface area contributed by atoms with Crippen LogP contribution in [0.15, 0.2) is 71.9 Å². The molecule has 2 aromatic carbocycles. The molecule has 0 saturated heterocycles. The van der Waals surface area contributed by atoms with Gasteiger partial charge in [0.05, 0.1) is 17.6 Å². The highest BCUT2D eigenvalue weighted by Gasteiger charge is 2.19. The van der Waals surface area contributed by atoms with E-state index in [1.54, 1.807) is 59.6 Å². The third-order valence-electron chi connectivity index (χ3n) is 5.87. The minimum absolute atomic E-state index is 0.0951. The smallest absolute Gasteiger partial charge is 0.436 e. The number of fused-ring (bicyclic) bond motifs is 1. The molecule has 2 heterocycles. The van der Waals surface area contributed by atoms with Crippen molar-refractivity contribution in [3.05, 3.63) is 83.8 Å². The van der Waals surface area contributed by atoms with Crippen molar-refractivity contribution >= 4 is 46.3 Å². The number of carboxylic acids is 1. The van der Waals surface area contributed by atoms with Crippen LogP contribution in [-0.2, 0) is 23.1 Å². The topological polar surface area (TPSA) is 165 Å². The molecule has 0 saturated carbocycles. The number of nitrogens with zero attached hydrogens (tertiary/aromatic N) is 5. The van der Waals surface area contributed by atoms with Crippen LogP contribution in [0.25, 0.3) is 11.0 Å². The number of hydrogen-bond acceptors (Lipinski definition) is 7. The zero-order valence-electron chi connectivity index (χ0n) is 21.4. The number of aliphatic imine (C=N–C) groups is 1. The Hall–Kier alpha value is -5.26. The van der Waals surface area contributed by atoms with Gasteiger partial charge in [0.1, 0.15) is 17.5 Å². The number of imidazole rings is 1. The summed E-state index contributed by atoms with van der Waals surface area (Å²) in [4.78, 5) is 49.4. The zero-order chi connectivity index (χ0) is 27.9. The Bertz CT molecular complexity index is 1530. The first-order valence-corrected chi connectivity index (χ1v) is 12.0. The number of pyridine rings is 1. The molecular formula is C27H27N7O5. The molecule has 4 rings (SSSR count). The van der Waals surface area contributed by atoms with Gasteiger partial charge in [-0.15, -0.1) is 0 Å². The van der Waals surface area contributed by atoms with Gasteiger partial charge in [-0.2, -0.15) is 4.99 Å². The summed E-state index contributed by atoms with van der Waals surface area (Å²) in [6.45, 7) is 2.00. The summed E-state index contributed by atoms with van der Waals surface area (Å²) < 4.78 is 6.40. The number of carbonyl (C=O) groups excluding carboxylic acids is 2. The predicted molar refractivity (Wildman–Crippen MR) is 146 cm³/mol. The lowest BCUT2D eigenvalue weighted by atomic mass is 10.1. The lowest BCUT2D eigenvalue weighted by molar-refractivity contribution is -0.140. The first-order valence-electron chi connectivity index (χ1n) is 12.0. The van der Waals surface area contributed by atoms with Crippen molar-refractivity contribution in [3.63, 3.8) is 0 Å². The molecule has 200 valence electrons. The molecule has 12 nitrogen and oxygen atoms in total. The van der Waals surface area contributed by atoms with Crippen LogP contribution >= 0.6 is 0 Å². The van der Waals surface area contributed by atoms with E-state index in [9.17, 15) is 14.4 Å². The number of hydrogen-bond donors (Lipinski definition) is 3. The third-order valence-corrected chi connectivity index (χ3v) is 5.87. The van der Waals surface area contributed by atoms with E-state index in [2.05, 4.69) is 20.0 Å². The normalized spacial score (nSPS) is 11.3. The predicted octanol–water partition coefficient (Wildman–Crippen LogP) is 3.17. The Morgan fingerprint density at radius 1 is 1.10 bits per heavy atom. The van der Waals surface area contributed by atoms with Crippen LogP contribution in [0.1, 0.15) is 28.7 Å². The molecule has 0 aliphatic heterocycles. The number of amidine groups is 1. The van der Waals surface area contributed by atoms with Crippen LogP contribution in [-0.4, -0.2) is 56.6 Å². The number of nitrogens with one attached hydrogen (secondary N) is 1. The SMILES string of the molecule is CCN(C(=O)c1ccc2c(c1)nc(CNc1ccc(/C(N)=N\C(=O)OCC(=O)O)cc1)n2C)c1ccccn1. The van der Waals surface area contributed by atoms with Gasteiger partial charge in [-0.25, -0.2) is 19.6 Å². The van der Waals surface area contributed by atoms with E-state index in [4.69, 9.17) is 15.8 Å². The van der Waals surface area contributed by atoms with E-state index in [0.29, 0.717) is 35.6 Å². The van der Waals surface area contributed by atoms with Crippen LogP contribution in [0.4, 0.5) is 16.3 Å². The minimum Gasteiger partial charge on any atom is -0.479 e. The summed E-state index contributed by atoms with van der Waals surface area (Å²) in [5.41, 5.74) is 9.17. The number of ether oxygens (including phenoxy) is 1. The van der Waals surface area contributed by atoms with Gasteiger partial charge in [0.2, 0.25) is 0 Å². The molecule has 0 atom stereocenters. The molecular weight excluding hydrogens is 502 g/mol. The van der Waals surface area contributed by atoms with Crippen LogP contribution in [0, 0.1) is 0 Å². The Morgan fingerprint density at radius 2 is 1.85 bits per heavy atom. The van der Waals surface area contributed by atoms with E-state index >= 15 is 0 Å². The van der Waals surface area contributed by atoms with Gasteiger partial charge in [-0.05, 0) is 61.5 Å². The average molecular weight is 530 g/mol. The van der Waals surface area contributed by atoms with E-state index in [1.165, 1.54) is 0 Å². The molecule has 4 N–H and O–H groups in total. The molecule has 39 heavy (non-hydrogen) atoms. The van der Waals surface area contributed by atoms with E-state index < -0.39 is 18.7 Å². The lowest BCUT2D eigenvalue weighted by Crippen LogP contribution is -2.31. The maximum Gasteiger partial charge on any atom is 0.436 e. The molecule has 0 spiro atoms. The maximum atomic E-state index is 13.2. The van der Waals surface area contributed by atoms with Crippen LogP contribution in [0.2, 0.25) is 0 Å². The molecule has 0 unspecified atom stereocenters. The number of carboxylic acid groups (broad SMARTS) is 1. The second-order valence-corrected chi connectivity index (χ2v) is 8.40. The van der Waals surface area contributed by atoms with Crippen LogP contribution in [0.5, 0.6) is 0 Å². The van der Waals surface area contributed by atoms with Crippen molar-refractivity contribution < 1.29 is 24.2 Å². The fourth-order valence-electron chi connectivity index (χ4n) is 3.88. The maximum absolute atomic E-state index is 13.2. The Labute approximate surface area is 223 Å². The third kappa shape index (κ3) is 6.36. The minimum atomic E-state index is -1.29. The summed E-state index contributed by atoms with van der Waals surface area (Å²) in [7, 11) is 1.91. The highest BCUT2D eigenvalue weighted by Crippen LogP contribution is 2.21. The van der Waals surface area contributed by atoms with Crippen molar-refractivity contribution in [1.29, 1.82) is 0 Å². The van der Waals surface area contributed by atoms with Crippen molar-refractivity contribution in [1.82, 2.24) is 14.5 Å². The standard InChI is InChI=1S/C27H27N7O5/c1-3-34(22-6-4-5-13-29-22)26(37)18-9-12-21-20(14-18)31-23(33(21)2)15-30-19-10-7-17(8-11-19)25(28)32-27(38)39-16-24(35)36/h4-14,30H,3,15-16H2,1-2H3,(H,35,36)(H2,28,32,38). The number of anilines is 2. The fourth-order valence-corrected chi connectivity index (χ4v) is 3.88. The molecule has 4 aromatic rings. The first-order chi connectivity index (χ1) is 18.8. The van der Waals surface area contributed by atoms with Crippen LogP contribution in [0.3, 0.4) is 0 Å². The summed E-state index contributed by atoms with van der Waals surface area (Å²) in [5, 5.41) is 11.8. The van der Waals surface area contributed by atoms with Gasteiger partial charge in [-0.1, -0.05) is 6.07 Å². The van der Waals surface area contributed by atoms with Crippen LogP contribution < -0.4 is 16.0 Å². The number of nitrogens with two attached hydrogens (primary N) is 1. The monoisotopic (exact) mass is 529 g/mol. The second kappa shape index (κ2) is 11.9. The Balaban J connectivity index is 1.44. The highest BCUT2D eigenvalue weighted by molar-refractivity contribution is 6.07. The zero-order valence-corrected chi connectivity index (χ0v) is 21.4. The summed E-state index contributed by atoms with van der Waals surface area (Å²) >= 11 is 0. The quantitative estimate of drug-likeness (QED) is 0.218. The molecule has 2 aromatic heterocycles. The van der Waals surface area contributed by atoms with Gasteiger partial charge < -0.3 is 25.5 Å². The molecule has 0 aliphatic rings. The van der Waals surface area contributed by atoms with Crippen molar-refractivity contribution in [2.24, 2.45) is 17.8 Å². The highest BCUT2D eigenvalue weighted by atomic mass is 16.6. The average Bonchev–Trinajstić information content (AvgIpc) is 3.26. The van der Waals surface area contributed by atoms with Gasteiger partial charge in [0, 0.05) is 36.6 Å². The number of rotatable bonds is 9. The number of carbonyl (C=O) groups is 3.